The SMILES string of the molecule is C=CC(=O)NCCCC[C@@H](C(=O)N1CCN(c2cccc(C)n2)CC1)N(C=O)c1ccccc1. The molecule has 3 rings (SSSR count). The van der Waals surface area contributed by atoms with Crippen LogP contribution in [0, 0.1) is 6.92 Å². The Hall–Kier alpha value is -3.68. The van der Waals surface area contributed by atoms with Crippen LogP contribution in [0.2, 0.25) is 0 Å². The van der Waals surface area contributed by atoms with Crippen LogP contribution in [0.25, 0.3) is 0 Å². The van der Waals surface area contributed by atoms with Crippen LogP contribution in [-0.2, 0) is 14.4 Å². The fraction of sp³-hybridized carbons (Fsp3) is 0.385. The number of carbonyl (C=O) groups excluding carboxylic acids is 3. The van der Waals surface area contributed by atoms with E-state index in [1.54, 1.807) is 0 Å². The fourth-order valence-corrected chi connectivity index (χ4v) is 4.11. The molecule has 0 saturated carbocycles. The summed E-state index contributed by atoms with van der Waals surface area (Å²) >= 11 is 0. The Bertz CT molecular complexity index is 973. The lowest BCUT2D eigenvalue weighted by molar-refractivity contribution is -0.134. The summed E-state index contributed by atoms with van der Waals surface area (Å²) in [6.07, 6.45) is 3.89. The highest BCUT2D eigenvalue weighted by Gasteiger charge is 2.32. The molecule has 0 aliphatic carbocycles. The zero-order valence-corrected chi connectivity index (χ0v) is 19.7. The number of rotatable bonds is 11. The number of aryl methyl sites for hydroxylation is 1. The maximum absolute atomic E-state index is 13.6. The molecule has 3 amide bonds. The number of pyridine rings is 1. The van der Waals surface area contributed by atoms with Gasteiger partial charge in [0.2, 0.25) is 18.2 Å². The minimum atomic E-state index is -0.598. The van der Waals surface area contributed by atoms with Gasteiger partial charge in [0, 0.05) is 44.1 Å². The van der Waals surface area contributed by atoms with Gasteiger partial charge in [-0.3, -0.25) is 14.4 Å². The molecule has 8 nitrogen and oxygen atoms in total. The molecular weight excluding hydrogens is 430 g/mol. The minimum absolute atomic E-state index is 0.0528. The fourth-order valence-electron chi connectivity index (χ4n) is 4.11. The van der Waals surface area contributed by atoms with Gasteiger partial charge in [0.25, 0.3) is 0 Å². The average molecular weight is 464 g/mol. The van der Waals surface area contributed by atoms with E-state index < -0.39 is 6.04 Å². The van der Waals surface area contributed by atoms with Gasteiger partial charge in [-0.2, -0.15) is 0 Å². The molecule has 0 spiro atoms. The lowest BCUT2D eigenvalue weighted by Gasteiger charge is -2.38. The van der Waals surface area contributed by atoms with Crippen LogP contribution in [0.5, 0.6) is 0 Å². The van der Waals surface area contributed by atoms with E-state index >= 15 is 0 Å². The first-order valence-electron chi connectivity index (χ1n) is 11.7. The number of nitrogens with zero attached hydrogens (tertiary/aromatic N) is 4. The van der Waals surface area contributed by atoms with Gasteiger partial charge in [-0.25, -0.2) is 4.98 Å². The van der Waals surface area contributed by atoms with Gasteiger partial charge < -0.3 is 20.0 Å². The highest BCUT2D eigenvalue weighted by Crippen LogP contribution is 2.21. The number of hydrogen-bond acceptors (Lipinski definition) is 5. The number of benzene rings is 1. The number of carbonyl (C=O) groups is 3. The standard InChI is InChI=1S/C26H33N5O3/c1-3-25(33)27-15-8-7-13-23(31(20-32)22-11-5-4-6-12-22)26(34)30-18-16-29(17-19-30)24-14-9-10-21(2)28-24/h3-6,9-12,14,20,23H,1,7-8,13,15-19H2,2H3,(H,27,33)/t23-/m0/s1. The first-order valence-corrected chi connectivity index (χ1v) is 11.7. The first kappa shape index (κ1) is 25.0. The maximum atomic E-state index is 13.6. The maximum Gasteiger partial charge on any atom is 0.245 e. The third-order valence-electron chi connectivity index (χ3n) is 5.97. The smallest absolute Gasteiger partial charge is 0.245 e. The summed E-state index contributed by atoms with van der Waals surface area (Å²) in [4.78, 5) is 47.2. The van der Waals surface area contributed by atoms with E-state index in [-0.39, 0.29) is 11.8 Å². The number of para-hydroxylation sites is 1. The van der Waals surface area contributed by atoms with Crippen molar-refractivity contribution in [1.29, 1.82) is 0 Å². The van der Waals surface area contributed by atoms with Crippen LogP contribution in [-0.4, -0.2) is 66.9 Å². The molecule has 34 heavy (non-hydrogen) atoms. The normalized spacial score (nSPS) is 14.3. The molecule has 2 aromatic rings. The van der Waals surface area contributed by atoms with Crippen molar-refractivity contribution in [2.75, 3.05) is 42.5 Å². The topological polar surface area (TPSA) is 85.8 Å². The highest BCUT2D eigenvalue weighted by atomic mass is 16.2. The van der Waals surface area contributed by atoms with Gasteiger partial charge in [-0.1, -0.05) is 30.8 Å². The second-order valence-corrected chi connectivity index (χ2v) is 8.30. The Morgan fingerprint density at radius 3 is 2.47 bits per heavy atom. The predicted octanol–water partition coefficient (Wildman–Crippen LogP) is 2.54. The largest absolute Gasteiger partial charge is 0.353 e. The third kappa shape index (κ3) is 6.66. The number of amides is 3. The number of aromatic nitrogens is 1. The summed E-state index contributed by atoms with van der Waals surface area (Å²) in [7, 11) is 0. The van der Waals surface area contributed by atoms with Crippen molar-refractivity contribution in [1.82, 2.24) is 15.2 Å². The van der Waals surface area contributed by atoms with Crippen molar-refractivity contribution in [3.8, 4) is 0 Å². The lowest BCUT2D eigenvalue weighted by atomic mass is 10.0. The van der Waals surface area contributed by atoms with Gasteiger partial charge in [0.1, 0.15) is 11.9 Å². The number of hydrogen-bond donors (Lipinski definition) is 1. The van der Waals surface area contributed by atoms with Crippen molar-refractivity contribution in [3.05, 3.63) is 66.9 Å². The van der Waals surface area contributed by atoms with E-state index in [0.717, 1.165) is 17.9 Å². The van der Waals surface area contributed by atoms with Crippen LogP contribution in [0.15, 0.2) is 61.2 Å². The molecule has 1 fully saturated rings. The number of piperazine rings is 1. The Balaban J connectivity index is 1.66. The lowest BCUT2D eigenvalue weighted by Crippen LogP contribution is -2.55. The van der Waals surface area contributed by atoms with Crippen LogP contribution >= 0.6 is 0 Å². The van der Waals surface area contributed by atoms with Crippen LogP contribution < -0.4 is 15.1 Å². The Labute approximate surface area is 201 Å². The average Bonchev–Trinajstić information content (AvgIpc) is 2.88. The molecule has 1 atom stereocenters. The number of anilines is 2. The van der Waals surface area contributed by atoms with Gasteiger partial charge in [-0.05, 0) is 56.5 Å². The molecule has 0 radical (unpaired) electrons. The van der Waals surface area contributed by atoms with E-state index in [9.17, 15) is 14.4 Å². The molecule has 8 heteroatoms. The van der Waals surface area contributed by atoms with E-state index in [2.05, 4.69) is 21.8 Å². The summed E-state index contributed by atoms with van der Waals surface area (Å²) in [5.41, 5.74) is 1.66. The summed E-state index contributed by atoms with van der Waals surface area (Å²) in [6.45, 7) is 8.43. The van der Waals surface area contributed by atoms with E-state index in [0.29, 0.717) is 57.7 Å². The van der Waals surface area contributed by atoms with Crippen LogP contribution in [0.1, 0.15) is 25.0 Å². The summed E-state index contributed by atoms with van der Waals surface area (Å²) < 4.78 is 0. The quantitative estimate of drug-likeness (QED) is 0.314. The van der Waals surface area contributed by atoms with Crippen molar-refractivity contribution < 1.29 is 14.4 Å². The molecule has 1 aromatic heterocycles. The Morgan fingerprint density at radius 2 is 1.82 bits per heavy atom. The summed E-state index contributed by atoms with van der Waals surface area (Å²) in [5, 5.41) is 2.75. The second-order valence-electron chi connectivity index (χ2n) is 8.30. The van der Waals surface area contributed by atoms with Crippen LogP contribution in [0.4, 0.5) is 11.5 Å². The molecule has 0 bridgehead atoms. The minimum Gasteiger partial charge on any atom is -0.353 e. The van der Waals surface area contributed by atoms with Crippen LogP contribution in [0.3, 0.4) is 0 Å². The van der Waals surface area contributed by atoms with E-state index in [1.165, 1.54) is 11.0 Å². The Morgan fingerprint density at radius 1 is 1.09 bits per heavy atom. The van der Waals surface area contributed by atoms with E-state index in [1.807, 2.05) is 60.4 Å². The molecular formula is C26H33N5O3. The van der Waals surface area contributed by atoms with Crippen molar-refractivity contribution in [2.24, 2.45) is 0 Å². The predicted molar refractivity (Wildman–Crippen MR) is 134 cm³/mol. The van der Waals surface area contributed by atoms with Crippen molar-refractivity contribution in [3.63, 3.8) is 0 Å². The molecule has 2 heterocycles. The van der Waals surface area contributed by atoms with Gasteiger partial charge >= 0.3 is 0 Å². The molecule has 1 saturated heterocycles. The molecule has 1 aliphatic heterocycles. The van der Waals surface area contributed by atoms with Gasteiger partial charge in [0.05, 0.1) is 0 Å². The van der Waals surface area contributed by atoms with E-state index in [4.69, 9.17) is 0 Å². The molecule has 1 N–H and O–H groups in total. The first-order chi connectivity index (χ1) is 16.5. The number of nitrogens with one attached hydrogen (secondary N) is 1. The van der Waals surface area contributed by atoms with Crippen molar-refractivity contribution in [2.45, 2.75) is 32.2 Å². The highest BCUT2D eigenvalue weighted by molar-refractivity contribution is 5.92. The second kappa shape index (κ2) is 12.5. The van der Waals surface area contributed by atoms with Crippen molar-refractivity contribution >= 4 is 29.7 Å². The summed E-state index contributed by atoms with van der Waals surface area (Å²) in [5.74, 6) is 0.652. The Kier molecular flexibility index (Phi) is 9.20. The van der Waals surface area contributed by atoms with Gasteiger partial charge in [0.15, 0.2) is 0 Å². The third-order valence-corrected chi connectivity index (χ3v) is 5.97. The van der Waals surface area contributed by atoms with Gasteiger partial charge in [-0.15, -0.1) is 0 Å². The zero-order valence-electron chi connectivity index (χ0n) is 19.7. The molecule has 180 valence electrons. The monoisotopic (exact) mass is 463 g/mol. The molecule has 1 aliphatic rings. The number of unbranched alkanes of at least 4 members (excludes halogenated alkanes) is 1. The molecule has 1 aromatic carbocycles. The zero-order chi connectivity index (χ0) is 24.3. The summed E-state index contributed by atoms with van der Waals surface area (Å²) in [6, 6.07) is 14.6. The molecule has 0 unspecified atom stereocenters.